The quantitative estimate of drug-likeness (QED) is 0.683. The highest BCUT2D eigenvalue weighted by Crippen LogP contribution is 2.46. The molecule has 0 heterocycles. The lowest BCUT2D eigenvalue weighted by atomic mass is 10.4. The van der Waals surface area contributed by atoms with Gasteiger partial charge in [-0.15, -0.1) is 0 Å². The summed E-state index contributed by atoms with van der Waals surface area (Å²) in [4.78, 5) is 0. The van der Waals surface area contributed by atoms with Gasteiger partial charge in [-0.3, -0.25) is 0 Å². The first-order valence-corrected chi connectivity index (χ1v) is 7.76. The number of allylic oxidation sites excluding steroid dienone is 4. The molecule has 2 rings (SSSR count). The minimum absolute atomic E-state index is 0.413. The molecule has 0 amide bonds. The summed E-state index contributed by atoms with van der Waals surface area (Å²) >= 11 is 0. The molecule has 3 heteroatoms. The molecule has 0 aromatic carbocycles. The maximum atomic E-state index is 5.87. The van der Waals surface area contributed by atoms with Gasteiger partial charge >= 0.3 is 8.56 Å². The van der Waals surface area contributed by atoms with Crippen LogP contribution in [0, 0.1) is 0 Å². The monoisotopic (exact) mass is 224 g/mol. The molecule has 2 aliphatic carbocycles. The van der Waals surface area contributed by atoms with E-state index in [4.69, 9.17) is 8.85 Å². The van der Waals surface area contributed by atoms with Crippen molar-refractivity contribution in [1.82, 2.24) is 0 Å². The Bertz CT molecular complexity index is 251. The maximum absolute atomic E-state index is 5.87. The SMILES string of the molecule is CO[Si](OC)(C1C=CC=C1)C1CCCC1. The fourth-order valence-corrected chi connectivity index (χ4v) is 6.88. The van der Waals surface area contributed by atoms with E-state index in [0.29, 0.717) is 11.1 Å². The molecule has 0 bridgehead atoms. The third-order valence-electron chi connectivity index (χ3n) is 3.77. The third-order valence-corrected chi connectivity index (χ3v) is 8.08. The van der Waals surface area contributed by atoms with Crippen LogP contribution in [0.5, 0.6) is 0 Å². The summed E-state index contributed by atoms with van der Waals surface area (Å²) in [5, 5.41) is 0. The molecule has 2 nitrogen and oxygen atoms in total. The molecule has 0 N–H and O–H groups in total. The first-order valence-electron chi connectivity index (χ1n) is 5.79. The van der Waals surface area contributed by atoms with E-state index in [0.717, 1.165) is 0 Å². The van der Waals surface area contributed by atoms with Crippen molar-refractivity contribution < 1.29 is 8.85 Å². The summed E-state index contributed by atoms with van der Waals surface area (Å²) in [6.45, 7) is 0. The third kappa shape index (κ3) is 1.84. The van der Waals surface area contributed by atoms with Crippen molar-refractivity contribution in [2.24, 2.45) is 0 Å². The van der Waals surface area contributed by atoms with E-state index in [1.165, 1.54) is 25.7 Å². The average molecular weight is 224 g/mol. The first kappa shape index (κ1) is 11.1. The van der Waals surface area contributed by atoms with Gasteiger partial charge in [0, 0.05) is 25.3 Å². The minimum Gasteiger partial charge on any atom is -0.397 e. The van der Waals surface area contributed by atoms with E-state index in [-0.39, 0.29) is 0 Å². The van der Waals surface area contributed by atoms with E-state index >= 15 is 0 Å². The molecule has 1 saturated carbocycles. The Hall–Kier alpha value is -0.383. The van der Waals surface area contributed by atoms with Crippen LogP contribution >= 0.6 is 0 Å². The van der Waals surface area contributed by atoms with Gasteiger partial charge in [0.2, 0.25) is 0 Å². The topological polar surface area (TPSA) is 18.5 Å². The smallest absolute Gasteiger partial charge is 0.351 e. The van der Waals surface area contributed by atoms with Crippen LogP contribution in [0.1, 0.15) is 25.7 Å². The van der Waals surface area contributed by atoms with Crippen LogP contribution in [0.2, 0.25) is 11.1 Å². The Morgan fingerprint density at radius 3 is 2.00 bits per heavy atom. The van der Waals surface area contributed by atoms with E-state index in [1.54, 1.807) is 0 Å². The van der Waals surface area contributed by atoms with Crippen molar-refractivity contribution in [3.63, 3.8) is 0 Å². The van der Waals surface area contributed by atoms with Gasteiger partial charge in [-0.05, 0) is 12.8 Å². The normalized spacial score (nSPS) is 23.1. The van der Waals surface area contributed by atoms with Crippen molar-refractivity contribution in [1.29, 1.82) is 0 Å². The fraction of sp³-hybridized carbons (Fsp3) is 0.667. The van der Waals surface area contributed by atoms with Gasteiger partial charge in [0.25, 0.3) is 0 Å². The van der Waals surface area contributed by atoms with Crippen LogP contribution in [0.15, 0.2) is 24.3 Å². The number of rotatable bonds is 4. The highest BCUT2D eigenvalue weighted by atomic mass is 28.4. The molecule has 0 spiro atoms. The summed E-state index contributed by atoms with van der Waals surface area (Å²) in [6, 6.07) is 0. The Morgan fingerprint density at radius 1 is 1.00 bits per heavy atom. The predicted molar refractivity (Wildman–Crippen MR) is 64.0 cm³/mol. The summed E-state index contributed by atoms with van der Waals surface area (Å²) in [6.07, 6.45) is 13.9. The van der Waals surface area contributed by atoms with Crippen LogP contribution in [-0.2, 0) is 8.85 Å². The fourth-order valence-electron chi connectivity index (χ4n) is 2.99. The summed E-state index contributed by atoms with van der Waals surface area (Å²) in [5.41, 5.74) is 1.08. The zero-order valence-corrected chi connectivity index (χ0v) is 10.6. The Kier molecular flexibility index (Phi) is 3.44. The van der Waals surface area contributed by atoms with E-state index in [9.17, 15) is 0 Å². The van der Waals surface area contributed by atoms with Crippen molar-refractivity contribution in [3.8, 4) is 0 Å². The molecule has 0 unspecified atom stereocenters. The van der Waals surface area contributed by atoms with Gasteiger partial charge in [0.1, 0.15) is 0 Å². The summed E-state index contributed by atoms with van der Waals surface area (Å²) < 4.78 is 11.7. The zero-order chi connectivity index (χ0) is 10.7. The zero-order valence-electron chi connectivity index (χ0n) is 9.61. The Labute approximate surface area is 93.2 Å². The second kappa shape index (κ2) is 4.64. The van der Waals surface area contributed by atoms with Gasteiger partial charge in [-0.1, -0.05) is 37.1 Å². The molecule has 15 heavy (non-hydrogen) atoms. The van der Waals surface area contributed by atoms with Crippen LogP contribution < -0.4 is 0 Å². The maximum Gasteiger partial charge on any atom is 0.351 e. The van der Waals surface area contributed by atoms with Crippen LogP contribution in [0.25, 0.3) is 0 Å². The molecule has 0 radical (unpaired) electrons. The van der Waals surface area contributed by atoms with Crippen molar-refractivity contribution in [3.05, 3.63) is 24.3 Å². The number of hydrogen-bond donors (Lipinski definition) is 0. The van der Waals surface area contributed by atoms with Crippen LogP contribution in [0.3, 0.4) is 0 Å². The van der Waals surface area contributed by atoms with Gasteiger partial charge in [-0.25, -0.2) is 0 Å². The first-order chi connectivity index (χ1) is 7.33. The van der Waals surface area contributed by atoms with Gasteiger partial charge in [-0.2, -0.15) is 0 Å². The molecule has 2 aliphatic rings. The van der Waals surface area contributed by atoms with Crippen molar-refractivity contribution in [2.45, 2.75) is 36.8 Å². The lowest BCUT2D eigenvalue weighted by Crippen LogP contribution is -2.47. The van der Waals surface area contributed by atoms with Gasteiger partial charge < -0.3 is 8.85 Å². The van der Waals surface area contributed by atoms with Gasteiger partial charge in [0.05, 0.1) is 0 Å². The molecule has 0 aliphatic heterocycles. The Morgan fingerprint density at radius 2 is 1.53 bits per heavy atom. The van der Waals surface area contributed by atoms with E-state index < -0.39 is 8.56 Å². The summed E-state index contributed by atoms with van der Waals surface area (Å²) in [5.74, 6) is 0. The molecular formula is C12H20O2Si. The van der Waals surface area contributed by atoms with Crippen LogP contribution in [-0.4, -0.2) is 22.8 Å². The molecule has 0 saturated heterocycles. The largest absolute Gasteiger partial charge is 0.397 e. The highest BCUT2D eigenvalue weighted by Gasteiger charge is 2.50. The van der Waals surface area contributed by atoms with E-state index in [2.05, 4.69) is 24.3 Å². The van der Waals surface area contributed by atoms with E-state index in [1.807, 2.05) is 14.2 Å². The summed E-state index contributed by atoms with van der Waals surface area (Å²) in [7, 11) is 1.60. The molecule has 0 aromatic heterocycles. The van der Waals surface area contributed by atoms with Crippen molar-refractivity contribution >= 4 is 8.56 Å². The van der Waals surface area contributed by atoms with Crippen LogP contribution in [0.4, 0.5) is 0 Å². The molecule has 0 atom stereocenters. The lowest BCUT2D eigenvalue weighted by Gasteiger charge is -2.36. The molecule has 0 aromatic rings. The molecule has 84 valence electrons. The molecule has 1 fully saturated rings. The minimum atomic E-state index is -2.05. The number of hydrogen-bond acceptors (Lipinski definition) is 2. The highest BCUT2D eigenvalue weighted by molar-refractivity contribution is 6.71. The molecular weight excluding hydrogens is 204 g/mol. The lowest BCUT2D eigenvalue weighted by molar-refractivity contribution is 0.225. The standard InChI is InChI=1S/C12H20O2Si/c1-13-15(14-2,11-7-3-4-8-11)12-9-5-6-10-12/h3-4,7-8,11-12H,5-6,9-10H2,1-2H3. The Balaban J connectivity index is 2.21. The van der Waals surface area contributed by atoms with Crippen molar-refractivity contribution in [2.75, 3.05) is 14.2 Å². The average Bonchev–Trinajstić information content (AvgIpc) is 2.92. The van der Waals surface area contributed by atoms with Gasteiger partial charge in [0.15, 0.2) is 0 Å². The second-order valence-electron chi connectivity index (χ2n) is 4.41. The predicted octanol–water partition coefficient (Wildman–Crippen LogP) is 3.16. The second-order valence-corrected chi connectivity index (χ2v) is 8.15.